The van der Waals surface area contributed by atoms with Gasteiger partial charge in [0.15, 0.2) is 0 Å². The third-order valence-corrected chi connectivity index (χ3v) is 7.89. The Morgan fingerprint density at radius 3 is 2.34 bits per heavy atom. The van der Waals surface area contributed by atoms with Crippen LogP contribution in [0.3, 0.4) is 0 Å². The van der Waals surface area contributed by atoms with Gasteiger partial charge >= 0.3 is 0 Å². The molecule has 3 aromatic rings. The van der Waals surface area contributed by atoms with E-state index in [2.05, 4.69) is 11.1 Å². The fourth-order valence-corrected chi connectivity index (χ4v) is 5.80. The van der Waals surface area contributed by atoms with Gasteiger partial charge in [-0.05, 0) is 49.6 Å². The van der Waals surface area contributed by atoms with Crippen LogP contribution in [0.15, 0.2) is 41.3 Å². The van der Waals surface area contributed by atoms with Crippen LogP contribution in [-0.4, -0.2) is 59.6 Å². The van der Waals surface area contributed by atoms with Crippen molar-refractivity contribution in [2.75, 3.05) is 26.2 Å². The van der Waals surface area contributed by atoms with Crippen molar-refractivity contribution in [1.82, 2.24) is 14.2 Å². The zero-order valence-electron chi connectivity index (χ0n) is 18.1. The highest BCUT2D eigenvalue weighted by Crippen LogP contribution is 2.26. The lowest BCUT2D eigenvalue weighted by molar-refractivity contribution is -0.385. The van der Waals surface area contributed by atoms with Gasteiger partial charge in [-0.15, -0.1) is 0 Å². The number of benzene rings is 2. The standard InChI is InChI=1S/C22H24N4O5S/c1-14-10-16(3)18-13-20(23-19(18)11-14)22(27)24-6-8-25(9-7-24)32(30,31)21-12-17(26(28)29)5-4-15(21)2/h4-5,10-13,23H,6-9H2,1-3H3. The second kappa shape index (κ2) is 8.03. The number of sulfonamides is 1. The molecule has 0 saturated carbocycles. The molecule has 1 amide bonds. The Hall–Kier alpha value is -3.24. The molecule has 1 saturated heterocycles. The van der Waals surface area contributed by atoms with Gasteiger partial charge in [0.25, 0.3) is 11.6 Å². The lowest BCUT2D eigenvalue weighted by atomic mass is 10.1. The molecule has 10 heteroatoms. The maximum Gasteiger partial charge on any atom is 0.270 e. The molecule has 32 heavy (non-hydrogen) atoms. The maximum atomic E-state index is 13.1. The fraction of sp³-hybridized carbons (Fsp3) is 0.318. The SMILES string of the molecule is Cc1cc(C)c2cc(C(=O)N3CCN(S(=O)(=O)c4cc([N+](=O)[O-])ccc4C)CC3)[nH]c2c1. The smallest absolute Gasteiger partial charge is 0.270 e. The number of nitro groups is 1. The van der Waals surface area contributed by atoms with Crippen molar-refractivity contribution in [1.29, 1.82) is 0 Å². The van der Waals surface area contributed by atoms with Crippen LogP contribution in [0.5, 0.6) is 0 Å². The third kappa shape index (κ3) is 3.87. The molecule has 1 aromatic heterocycles. The van der Waals surface area contributed by atoms with E-state index in [1.807, 2.05) is 26.0 Å². The highest BCUT2D eigenvalue weighted by atomic mass is 32.2. The van der Waals surface area contributed by atoms with Crippen LogP contribution in [0.25, 0.3) is 10.9 Å². The van der Waals surface area contributed by atoms with Gasteiger partial charge in [-0.2, -0.15) is 4.31 Å². The molecule has 1 aliphatic rings. The van der Waals surface area contributed by atoms with E-state index in [0.717, 1.165) is 28.1 Å². The molecule has 1 N–H and O–H groups in total. The zero-order valence-corrected chi connectivity index (χ0v) is 18.9. The molecule has 2 aromatic carbocycles. The lowest BCUT2D eigenvalue weighted by Gasteiger charge is -2.34. The summed E-state index contributed by atoms with van der Waals surface area (Å²) in [7, 11) is -3.91. The Balaban J connectivity index is 1.52. The summed E-state index contributed by atoms with van der Waals surface area (Å²) < 4.78 is 27.5. The van der Waals surface area contributed by atoms with Crippen molar-refractivity contribution in [2.24, 2.45) is 0 Å². The molecule has 0 radical (unpaired) electrons. The third-order valence-electron chi connectivity index (χ3n) is 5.85. The monoisotopic (exact) mass is 456 g/mol. The summed E-state index contributed by atoms with van der Waals surface area (Å²) in [6.07, 6.45) is 0. The molecule has 0 unspecified atom stereocenters. The summed E-state index contributed by atoms with van der Waals surface area (Å²) in [5.74, 6) is -0.179. The summed E-state index contributed by atoms with van der Waals surface area (Å²) in [5, 5.41) is 12.1. The number of nitrogens with zero attached hydrogens (tertiary/aromatic N) is 3. The van der Waals surface area contributed by atoms with Crippen molar-refractivity contribution in [3.8, 4) is 0 Å². The summed E-state index contributed by atoms with van der Waals surface area (Å²) >= 11 is 0. The van der Waals surface area contributed by atoms with Gasteiger partial charge < -0.3 is 9.88 Å². The number of nitrogens with one attached hydrogen (secondary N) is 1. The van der Waals surface area contributed by atoms with Crippen LogP contribution in [-0.2, 0) is 10.0 Å². The van der Waals surface area contributed by atoms with Gasteiger partial charge in [0, 0.05) is 49.2 Å². The molecular formula is C22H24N4O5S. The number of hydrogen-bond acceptors (Lipinski definition) is 5. The van der Waals surface area contributed by atoms with Gasteiger partial charge in [-0.1, -0.05) is 12.1 Å². The van der Waals surface area contributed by atoms with E-state index in [9.17, 15) is 23.3 Å². The predicted octanol–water partition coefficient (Wildman–Crippen LogP) is 3.15. The second-order valence-electron chi connectivity index (χ2n) is 8.13. The number of carbonyl (C=O) groups excluding carboxylic acids is 1. The van der Waals surface area contributed by atoms with Crippen LogP contribution in [0, 0.1) is 30.9 Å². The predicted molar refractivity (Wildman–Crippen MR) is 120 cm³/mol. The van der Waals surface area contributed by atoms with Crippen molar-refractivity contribution >= 4 is 32.5 Å². The number of aromatic nitrogens is 1. The van der Waals surface area contributed by atoms with E-state index in [0.29, 0.717) is 11.3 Å². The Morgan fingerprint density at radius 1 is 1.00 bits per heavy atom. The molecule has 9 nitrogen and oxygen atoms in total. The Morgan fingerprint density at radius 2 is 1.69 bits per heavy atom. The van der Waals surface area contributed by atoms with Gasteiger partial charge in [0.1, 0.15) is 5.69 Å². The first kappa shape index (κ1) is 22.0. The minimum atomic E-state index is -3.91. The molecule has 0 spiro atoms. The first-order chi connectivity index (χ1) is 15.1. The number of nitro benzene ring substituents is 1. The molecule has 0 aliphatic carbocycles. The Kier molecular flexibility index (Phi) is 5.51. The molecule has 1 fully saturated rings. The van der Waals surface area contributed by atoms with E-state index < -0.39 is 14.9 Å². The van der Waals surface area contributed by atoms with Gasteiger partial charge in [-0.25, -0.2) is 8.42 Å². The topological polar surface area (TPSA) is 117 Å². The Bertz CT molecular complexity index is 1340. The molecule has 0 bridgehead atoms. The van der Waals surface area contributed by atoms with Crippen molar-refractivity contribution in [2.45, 2.75) is 25.7 Å². The number of H-pyrrole nitrogens is 1. The van der Waals surface area contributed by atoms with Crippen molar-refractivity contribution in [3.05, 3.63) is 68.9 Å². The minimum Gasteiger partial charge on any atom is -0.351 e. The van der Waals surface area contributed by atoms with E-state index in [-0.39, 0.29) is 42.7 Å². The van der Waals surface area contributed by atoms with E-state index in [1.54, 1.807) is 11.8 Å². The number of piperazine rings is 1. The van der Waals surface area contributed by atoms with Crippen molar-refractivity contribution in [3.63, 3.8) is 0 Å². The number of carbonyl (C=O) groups is 1. The number of amides is 1. The number of hydrogen-bond donors (Lipinski definition) is 1. The number of rotatable bonds is 4. The number of aromatic amines is 1. The maximum absolute atomic E-state index is 13.1. The largest absolute Gasteiger partial charge is 0.351 e. The Labute approximate surface area is 185 Å². The molecule has 168 valence electrons. The number of aryl methyl sites for hydroxylation is 3. The number of fused-ring (bicyclic) bond motifs is 1. The lowest BCUT2D eigenvalue weighted by Crippen LogP contribution is -2.50. The molecule has 1 aliphatic heterocycles. The molecule has 0 atom stereocenters. The van der Waals surface area contributed by atoms with Gasteiger partial charge in [0.05, 0.1) is 9.82 Å². The number of non-ortho nitro benzene ring substituents is 1. The first-order valence-corrected chi connectivity index (χ1v) is 11.7. The van der Waals surface area contributed by atoms with Gasteiger partial charge in [-0.3, -0.25) is 14.9 Å². The van der Waals surface area contributed by atoms with E-state index in [4.69, 9.17) is 0 Å². The first-order valence-electron chi connectivity index (χ1n) is 10.2. The van der Waals surface area contributed by atoms with Crippen LogP contribution in [0.4, 0.5) is 5.69 Å². The molecule has 4 rings (SSSR count). The minimum absolute atomic E-state index is 0.0760. The summed E-state index contributed by atoms with van der Waals surface area (Å²) in [4.78, 5) is 28.2. The summed E-state index contributed by atoms with van der Waals surface area (Å²) in [6, 6.07) is 9.70. The highest BCUT2D eigenvalue weighted by Gasteiger charge is 2.32. The van der Waals surface area contributed by atoms with Crippen LogP contribution in [0.1, 0.15) is 27.2 Å². The van der Waals surface area contributed by atoms with Gasteiger partial charge in [0.2, 0.25) is 10.0 Å². The highest BCUT2D eigenvalue weighted by molar-refractivity contribution is 7.89. The average Bonchev–Trinajstić information content (AvgIpc) is 3.17. The molecular weight excluding hydrogens is 432 g/mol. The van der Waals surface area contributed by atoms with Crippen LogP contribution < -0.4 is 0 Å². The second-order valence-corrected chi connectivity index (χ2v) is 10.0. The van der Waals surface area contributed by atoms with Crippen LogP contribution >= 0.6 is 0 Å². The average molecular weight is 457 g/mol. The van der Waals surface area contributed by atoms with Crippen molar-refractivity contribution < 1.29 is 18.1 Å². The fourth-order valence-electron chi connectivity index (χ4n) is 4.14. The van der Waals surface area contributed by atoms with E-state index in [1.165, 1.54) is 16.4 Å². The van der Waals surface area contributed by atoms with Crippen LogP contribution in [0.2, 0.25) is 0 Å². The normalized spacial score (nSPS) is 15.3. The summed E-state index contributed by atoms with van der Waals surface area (Å²) in [6.45, 7) is 6.31. The zero-order chi connectivity index (χ0) is 23.2. The summed E-state index contributed by atoms with van der Waals surface area (Å²) in [5.41, 5.74) is 3.72. The quantitative estimate of drug-likeness (QED) is 0.478. The molecule has 2 heterocycles. The van der Waals surface area contributed by atoms with E-state index >= 15 is 0 Å².